The zero-order valence-corrected chi connectivity index (χ0v) is 16.1. The third kappa shape index (κ3) is 11.4. The van der Waals surface area contributed by atoms with Crippen molar-refractivity contribution in [3.05, 3.63) is 0 Å². The van der Waals surface area contributed by atoms with Gasteiger partial charge in [0, 0.05) is 26.4 Å². The second kappa shape index (κ2) is 14.1. The Hall–Kier alpha value is -0.160. The standard InChI is InChI=1S/C20H42O4/c1-19(17-23,13-15-21)11-9-7-5-3-4-6-8-10-12-20(2,18-24)14-16-22/h21-24H,3-18H2,1-2H3/t19-,20-/m0/s1. The minimum atomic E-state index is -0.108. The Kier molecular flexibility index (Phi) is 14.0. The van der Waals surface area contributed by atoms with Crippen LogP contribution in [0, 0.1) is 10.8 Å². The lowest BCUT2D eigenvalue weighted by atomic mass is 9.82. The lowest BCUT2D eigenvalue weighted by molar-refractivity contribution is 0.0951. The molecule has 0 aliphatic carbocycles. The summed E-state index contributed by atoms with van der Waals surface area (Å²) in [5, 5.41) is 36.9. The molecule has 0 aliphatic rings. The first-order chi connectivity index (χ1) is 11.4. The van der Waals surface area contributed by atoms with Crippen LogP contribution in [0.15, 0.2) is 0 Å². The Morgan fingerprint density at radius 3 is 1.00 bits per heavy atom. The molecule has 0 fully saturated rings. The van der Waals surface area contributed by atoms with Crippen molar-refractivity contribution in [2.45, 2.75) is 90.9 Å². The average molecular weight is 347 g/mol. The highest BCUT2D eigenvalue weighted by atomic mass is 16.3. The molecule has 0 spiro atoms. The molecular weight excluding hydrogens is 304 g/mol. The van der Waals surface area contributed by atoms with Crippen LogP contribution in [-0.4, -0.2) is 46.9 Å². The first-order valence-corrected chi connectivity index (χ1v) is 9.89. The number of unbranched alkanes of at least 4 members (excludes halogenated alkanes) is 7. The number of rotatable bonds is 17. The van der Waals surface area contributed by atoms with Gasteiger partial charge in [0.15, 0.2) is 0 Å². The highest BCUT2D eigenvalue weighted by Crippen LogP contribution is 2.29. The Labute approximate surface area is 149 Å². The van der Waals surface area contributed by atoms with Gasteiger partial charge in [0.25, 0.3) is 0 Å². The molecule has 2 atom stereocenters. The molecule has 0 unspecified atom stereocenters. The molecule has 4 N–H and O–H groups in total. The number of hydrogen-bond acceptors (Lipinski definition) is 4. The lowest BCUT2D eigenvalue weighted by Gasteiger charge is -2.26. The topological polar surface area (TPSA) is 80.9 Å². The largest absolute Gasteiger partial charge is 0.396 e. The molecule has 0 heterocycles. The molecular formula is C20H42O4. The fourth-order valence-electron chi connectivity index (χ4n) is 3.27. The summed E-state index contributed by atoms with van der Waals surface area (Å²) in [4.78, 5) is 0. The molecule has 146 valence electrons. The average Bonchev–Trinajstić information content (AvgIpc) is 2.57. The maximum absolute atomic E-state index is 9.41. The van der Waals surface area contributed by atoms with Crippen molar-refractivity contribution in [2.24, 2.45) is 10.8 Å². The molecule has 0 rings (SSSR count). The first kappa shape index (κ1) is 23.8. The quantitative estimate of drug-likeness (QED) is 0.303. The molecule has 0 aromatic carbocycles. The van der Waals surface area contributed by atoms with Crippen molar-refractivity contribution < 1.29 is 20.4 Å². The predicted octanol–water partition coefficient (Wildman–Crippen LogP) is 3.65. The highest BCUT2D eigenvalue weighted by Gasteiger charge is 2.22. The molecule has 0 radical (unpaired) electrons. The summed E-state index contributed by atoms with van der Waals surface area (Å²) < 4.78 is 0. The zero-order valence-electron chi connectivity index (χ0n) is 16.1. The van der Waals surface area contributed by atoms with Crippen LogP contribution in [0.5, 0.6) is 0 Å². The van der Waals surface area contributed by atoms with Crippen LogP contribution < -0.4 is 0 Å². The summed E-state index contributed by atoms with van der Waals surface area (Å²) in [7, 11) is 0. The van der Waals surface area contributed by atoms with Crippen molar-refractivity contribution in [3.8, 4) is 0 Å². The van der Waals surface area contributed by atoms with Gasteiger partial charge in [0.05, 0.1) is 0 Å². The van der Waals surface area contributed by atoms with Gasteiger partial charge < -0.3 is 20.4 Å². The van der Waals surface area contributed by atoms with Crippen molar-refractivity contribution in [1.82, 2.24) is 0 Å². The van der Waals surface area contributed by atoms with Crippen LogP contribution in [0.2, 0.25) is 0 Å². The molecule has 0 bridgehead atoms. The van der Waals surface area contributed by atoms with E-state index in [9.17, 15) is 10.2 Å². The third-order valence-electron chi connectivity index (χ3n) is 5.50. The van der Waals surface area contributed by atoms with E-state index in [0.29, 0.717) is 12.8 Å². The van der Waals surface area contributed by atoms with Crippen LogP contribution in [0.4, 0.5) is 0 Å². The lowest BCUT2D eigenvalue weighted by Crippen LogP contribution is -2.22. The predicted molar refractivity (Wildman–Crippen MR) is 100.0 cm³/mol. The van der Waals surface area contributed by atoms with E-state index < -0.39 is 0 Å². The Morgan fingerprint density at radius 1 is 0.458 bits per heavy atom. The molecule has 0 saturated heterocycles. The van der Waals surface area contributed by atoms with Gasteiger partial charge in [-0.15, -0.1) is 0 Å². The van der Waals surface area contributed by atoms with Gasteiger partial charge in [-0.05, 0) is 36.5 Å². The summed E-state index contributed by atoms with van der Waals surface area (Å²) >= 11 is 0. The van der Waals surface area contributed by atoms with Gasteiger partial charge in [-0.3, -0.25) is 0 Å². The summed E-state index contributed by atoms with van der Waals surface area (Å²) in [5.41, 5.74) is -0.217. The smallest absolute Gasteiger partial charge is 0.0485 e. The van der Waals surface area contributed by atoms with E-state index in [4.69, 9.17) is 10.2 Å². The van der Waals surface area contributed by atoms with Gasteiger partial charge >= 0.3 is 0 Å². The minimum Gasteiger partial charge on any atom is -0.396 e. The van der Waals surface area contributed by atoms with Crippen molar-refractivity contribution in [3.63, 3.8) is 0 Å². The van der Waals surface area contributed by atoms with Gasteiger partial charge in [0.1, 0.15) is 0 Å². The van der Waals surface area contributed by atoms with E-state index in [1.165, 1.54) is 38.5 Å². The zero-order chi connectivity index (χ0) is 18.3. The van der Waals surface area contributed by atoms with Crippen molar-refractivity contribution in [1.29, 1.82) is 0 Å². The Bertz CT molecular complexity index is 257. The highest BCUT2D eigenvalue weighted by molar-refractivity contribution is 4.73. The van der Waals surface area contributed by atoms with Crippen molar-refractivity contribution in [2.75, 3.05) is 26.4 Å². The summed E-state index contributed by atoms with van der Waals surface area (Å²) in [6.45, 7) is 4.75. The molecule has 24 heavy (non-hydrogen) atoms. The van der Waals surface area contributed by atoms with Gasteiger partial charge in [-0.1, -0.05) is 65.2 Å². The van der Waals surface area contributed by atoms with Crippen LogP contribution in [0.1, 0.15) is 90.9 Å². The number of aliphatic hydroxyl groups excluding tert-OH is 4. The molecule has 4 nitrogen and oxygen atoms in total. The number of hydrogen-bond donors (Lipinski definition) is 4. The van der Waals surface area contributed by atoms with Gasteiger partial charge in [0.2, 0.25) is 0 Å². The van der Waals surface area contributed by atoms with Crippen LogP contribution >= 0.6 is 0 Å². The van der Waals surface area contributed by atoms with Crippen LogP contribution in [0.3, 0.4) is 0 Å². The van der Waals surface area contributed by atoms with E-state index in [0.717, 1.165) is 25.7 Å². The summed E-state index contributed by atoms with van der Waals surface area (Å²) in [6.07, 6.45) is 13.1. The van der Waals surface area contributed by atoms with Gasteiger partial charge in [-0.25, -0.2) is 0 Å². The normalized spacial score (nSPS) is 16.8. The molecule has 0 amide bonds. The van der Waals surface area contributed by atoms with Gasteiger partial charge in [-0.2, -0.15) is 0 Å². The summed E-state index contributed by atoms with van der Waals surface area (Å²) in [6, 6.07) is 0. The molecule has 4 heteroatoms. The van der Waals surface area contributed by atoms with E-state index in [-0.39, 0.29) is 37.3 Å². The summed E-state index contributed by atoms with van der Waals surface area (Å²) in [5.74, 6) is 0. The fourth-order valence-corrected chi connectivity index (χ4v) is 3.27. The fraction of sp³-hybridized carbons (Fsp3) is 1.00. The molecule has 0 aromatic heterocycles. The Balaban J connectivity index is 3.52. The number of aliphatic hydroxyl groups is 4. The second-order valence-electron chi connectivity index (χ2n) is 8.21. The van der Waals surface area contributed by atoms with Crippen LogP contribution in [-0.2, 0) is 0 Å². The Morgan fingerprint density at radius 2 is 0.750 bits per heavy atom. The molecule has 0 aliphatic heterocycles. The monoisotopic (exact) mass is 346 g/mol. The maximum atomic E-state index is 9.41. The minimum absolute atomic E-state index is 0.108. The van der Waals surface area contributed by atoms with E-state index in [1.54, 1.807) is 0 Å². The van der Waals surface area contributed by atoms with Crippen LogP contribution in [0.25, 0.3) is 0 Å². The first-order valence-electron chi connectivity index (χ1n) is 9.89. The second-order valence-corrected chi connectivity index (χ2v) is 8.21. The SMILES string of the molecule is C[C@@](CO)(CCO)CCCCCCCCCC[C@](C)(CO)CCO. The van der Waals surface area contributed by atoms with Crippen molar-refractivity contribution >= 4 is 0 Å². The van der Waals surface area contributed by atoms with E-state index in [2.05, 4.69) is 13.8 Å². The molecule has 0 saturated carbocycles. The van der Waals surface area contributed by atoms with E-state index >= 15 is 0 Å². The third-order valence-corrected chi connectivity index (χ3v) is 5.50. The maximum Gasteiger partial charge on any atom is 0.0485 e. The molecule has 0 aromatic rings. The van der Waals surface area contributed by atoms with E-state index in [1.807, 2.05) is 0 Å².